The number of ether oxygens (including phenoxy) is 1. The third-order valence-electron chi connectivity index (χ3n) is 3.38. The summed E-state index contributed by atoms with van der Waals surface area (Å²) < 4.78 is 5.36. The molecular formula is C16H23N3OS. The molecule has 1 heterocycles. The van der Waals surface area contributed by atoms with Crippen LogP contribution in [0.25, 0.3) is 0 Å². The molecule has 0 aliphatic heterocycles. The first-order chi connectivity index (χ1) is 10.3. The number of hydrogen-bond donors (Lipinski definition) is 1. The van der Waals surface area contributed by atoms with E-state index in [-0.39, 0.29) is 0 Å². The van der Waals surface area contributed by atoms with Gasteiger partial charge in [-0.2, -0.15) is 0 Å². The molecule has 2 aromatic rings. The monoisotopic (exact) mass is 305 g/mol. The number of benzene rings is 1. The van der Waals surface area contributed by atoms with Crippen LogP contribution < -0.4 is 15.0 Å². The minimum Gasteiger partial charge on any atom is -0.496 e. The van der Waals surface area contributed by atoms with Gasteiger partial charge < -0.3 is 15.0 Å². The zero-order valence-corrected chi connectivity index (χ0v) is 13.7. The van der Waals surface area contributed by atoms with Crippen molar-refractivity contribution < 1.29 is 4.74 Å². The summed E-state index contributed by atoms with van der Waals surface area (Å²) in [6.45, 7) is 7.94. The van der Waals surface area contributed by atoms with Gasteiger partial charge in [-0.3, -0.25) is 0 Å². The maximum absolute atomic E-state index is 5.36. The second kappa shape index (κ2) is 8.00. The lowest BCUT2D eigenvalue weighted by Crippen LogP contribution is -2.21. The van der Waals surface area contributed by atoms with Crippen LogP contribution >= 0.6 is 11.3 Å². The van der Waals surface area contributed by atoms with Crippen LogP contribution in [0.4, 0.5) is 5.13 Å². The zero-order chi connectivity index (χ0) is 15.1. The molecule has 114 valence electrons. The van der Waals surface area contributed by atoms with Crippen molar-refractivity contribution >= 4 is 16.5 Å². The van der Waals surface area contributed by atoms with Gasteiger partial charge in [-0.15, -0.1) is 11.3 Å². The molecule has 4 nitrogen and oxygen atoms in total. The quantitative estimate of drug-likeness (QED) is 0.812. The Morgan fingerprint density at radius 3 is 2.67 bits per heavy atom. The molecule has 0 aliphatic carbocycles. The molecule has 5 heteroatoms. The topological polar surface area (TPSA) is 37.4 Å². The summed E-state index contributed by atoms with van der Waals surface area (Å²) in [6, 6.07) is 8.09. The number of hydrogen-bond acceptors (Lipinski definition) is 5. The molecule has 0 spiro atoms. The lowest BCUT2D eigenvalue weighted by Gasteiger charge is -2.16. The van der Waals surface area contributed by atoms with E-state index in [0.29, 0.717) is 0 Å². The Balaban J connectivity index is 1.89. The summed E-state index contributed by atoms with van der Waals surface area (Å²) >= 11 is 1.76. The highest BCUT2D eigenvalue weighted by Crippen LogP contribution is 2.22. The van der Waals surface area contributed by atoms with E-state index in [1.165, 1.54) is 10.4 Å². The van der Waals surface area contributed by atoms with Gasteiger partial charge in [0.15, 0.2) is 5.13 Å². The number of thiazole rings is 1. The predicted molar refractivity (Wildman–Crippen MR) is 89.2 cm³/mol. The smallest absolute Gasteiger partial charge is 0.185 e. The van der Waals surface area contributed by atoms with Crippen LogP contribution in [0.1, 0.15) is 24.3 Å². The molecule has 0 atom stereocenters. The van der Waals surface area contributed by atoms with E-state index < -0.39 is 0 Å². The third kappa shape index (κ3) is 4.19. The van der Waals surface area contributed by atoms with E-state index in [2.05, 4.69) is 35.1 Å². The van der Waals surface area contributed by atoms with Crippen molar-refractivity contribution in [1.82, 2.24) is 10.3 Å². The Hall–Kier alpha value is -1.59. The molecule has 1 aromatic heterocycles. The van der Waals surface area contributed by atoms with Gasteiger partial charge in [0.1, 0.15) is 5.75 Å². The third-order valence-corrected chi connectivity index (χ3v) is 4.44. The van der Waals surface area contributed by atoms with Crippen LogP contribution in [0.15, 0.2) is 30.5 Å². The Morgan fingerprint density at radius 2 is 1.95 bits per heavy atom. The number of anilines is 1. The van der Waals surface area contributed by atoms with Gasteiger partial charge in [-0.05, 0) is 19.9 Å². The summed E-state index contributed by atoms with van der Waals surface area (Å²) in [5.41, 5.74) is 1.17. The fourth-order valence-electron chi connectivity index (χ4n) is 2.19. The summed E-state index contributed by atoms with van der Waals surface area (Å²) in [4.78, 5) is 8.03. The maximum atomic E-state index is 5.36. The number of rotatable bonds is 8. The normalized spacial score (nSPS) is 10.6. The highest BCUT2D eigenvalue weighted by Gasteiger charge is 2.08. The van der Waals surface area contributed by atoms with Gasteiger partial charge >= 0.3 is 0 Å². The molecular weight excluding hydrogens is 282 g/mol. The van der Waals surface area contributed by atoms with Gasteiger partial charge in [0.2, 0.25) is 0 Å². The van der Waals surface area contributed by atoms with E-state index in [1.54, 1.807) is 18.4 Å². The summed E-state index contributed by atoms with van der Waals surface area (Å²) in [7, 11) is 1.71. The van der Waals surface area contributed by atoms with Crippen molar-refractivity contribution in [3.63, 3.8) is 0 Å². The number of methoxy groups -OCH3 is 1. The number of aromatic nitrogens is 1. The van der Waals surface area contributed by atoms with E-state index >= 15 is 0 Å². The van der Waals surface area contributed by atoms with E-state index in [1.807, 2.05) is 24.4 Å². The Morgan fingerprint density at radius 1 is 1.19 bits per heavy atom. The summed E-state index contributed by atoms with van der Waals surface area (Å²) in [6.07, 6.45) is 1.97. The summed E-state index contributed by atoms with van der Waals surface area (Å²) in [5.74, 6) is 0.929. The second-order valence-corrected chi connectivity index (χ2v) is 5.79. The first-order valence-electron chi connectivity index (χ1n) is 7.30. The average molecular weight is 305 g/mol. The van der Waals surface area contributed by atoms with Crippen LogP contribution in [0.3, 0.4) is 0 Å². The van der Waals surface area contributed by atoms with Gasteiger partial charge in [0.05, 0.1) is 7.11 Å². The highest BCUT2D eigenvalue weighted by molar-refractivity contribution is 7.15. The van der Waals surface area contributed by atoms with Crippen molar-refractivity contribution in [3.8, 4) is 5.75 Å². The first kappa shape index (κ1) is 15.8. The van der Waals surface area contributed by atoms with Crippen molar-refractivity contribution in [1.29, 1.82) is 0 Å². The minimum absolute atomic E-state index is 0.794. The molecule has 0 saturated heterocycles. The van der Waals surface area contributed by atoms with Crippen LogP contribution in [0.2, 0.25) is 0 Å². The van der Waals surface area contributed by atoms with Gasteiger partial charge in [0.25, 0.3) is 0 Å². The molecule has 0 bridgehead atoms. The van der Waals surface area contributed by atoms with Crippen molar-refractivity contribution in [3.05, 3.63) is 40.9 Å². The van der Waals surface area contributed by atoms with Gasteiger partial charge in [-0.1, -0.05) is 18.2 Å². The van der Waals surface area contributed by atoms with Crippen LogP contribution in [0.5, 0.6) is 5.75 Å². The number of para-hydroxylation sites is 1. The highest BCUT2D eigenvalue weighted by atomic mass is 32.1. The molecule has 0 fully saturated rings. The Bertz CT molecular complexity index is 552. The predicted octanol–water partition coefficient (Wildman–Crippen LogP) is 3.29. The van der Waals surface area contributed by atoms with Crippen molar-refractivity contribution in [2.75, 3.05) is 25.1 Å². The lowest BCUT2D eigenvalue weighted by molar-refractivity contribution is 0.407. The fraction of sp³-hybridized carbons (Fsp3) is 0.438. The van der Waals surface area contributed by atoms with Crippen LogP contribution in [-0.4, -0.2) is 25.2 Å². The molecule has 1 aromatic carbocycles. The number of nitrogens with zero attached hydrogens (tertiary/aromatic N) is 2. The maximum Gasteiger partial charge on any atom is 0.185 e. The Labute approximate surface area is 130 Å². The first-order valence-corrected chi connectivity index (χ1v) is 8.12. The lowest BCUT2D eigenvalue weighted by atomic mass is 10.2. The summed E-state index contributed by atoms with van der Waals surface area (Å²) in [5, 5.41) is 4.56. The van der Waals surface area contributed by atoms with Gasteiger partial charge in [0, 0.05) is 42.8 Å². The average Bonchev–Trinajstić information content (AvgIpc) is 2.98. The molecule has 2 rings (SSSR count). The van der Waals surface area contributed by atoms with Crippen LogP contribution in [0, 0.1) is 0 Å². The minimum atomic E-state index is 0.794. The van der Waals surface area contributed by atoms with Crippen LogP contribution in [-0.2, 0) is 13.1 Å². The van der Waals surface area contributed by atoms with E-state index in [4.69, 9.17) is 4.74 Å². The number of nitrogens with one attached hydrogen (secondary N) is 1. The molecule has 21 heavy (non-hydrogen) atoms. The standard InChI is InChI=1S/C16H23N3OS/c1-4-19(5-2)16-18-12-14(21-16)11-17-10-13-8-6-7-9-15(13)20-3/h6-9,12,17H,4-5,10-11H2,1-3H3. The van der Waals surface area contributed by atoms with Crippen molar-refractivity contribution in [2.24, 2.45) is 0 Å². The molecule has 1 N–H and O–H groups in total. The van der Waals surface area contributed by atoms with E-state index in [9.17, 15) is 0 Å². The second-order valence-electron chi connectivity index (χ2n) is 4.70. The Kier molecular flexibility index (Phi) is 6.02. The largest absolute Gasteiger partial charge is 0.496 e. The molecule has 0 aliphatic rings. The molecule has 0 radical (unpaired) electrons. The molecule has 0 amide bonds. The fourth-order valence-corrected chi connectivity index (χ4v) is 3.20. The van der Waals surface area contributed by atoms with Crippen molar-refractivity contribution in [2.45, 2.75) is 26.9 Å². The molecule has 0 unspecified atom stereocenters. The zero-order valence-electron chi connectivity index (χ0n) is 12.9. The van der Waals surface area contributed by atoms with E-state index in [0.717, 1.165) is 37.1 Å². The SMILES string of the molecule is CCN(CC)c1ncc(CNCc2ccccc2OC)s1. The van der Waals surface area contributed by atoms with Gasteiger partial charge in [-0.25, -0.2) is 4.98 Å². The molecule has 0 saturated carbocycles.